The molecule has 0 spiro atoms. The Bertz CT molecular complexity index is 189. The Hall–Kier alpha value is -1.03. The maximum absolute atomic E-state index is 11.0. The van der Waals surface area contributed by atoms with Crippen LogP contribution in [0.3, 0.4) is 0 Å². The summed E-state index contributed by atoms with van der Waals surface area (Å²) >= 11 is 0. The maximum Gasteiger partial charge on any atom is 0.336 e. The predicted octanol–water partition coefficient (Wildman–Crippen LogP) is -0.464. The summed E-state index contributed by atoms with van der Waals surface area (Å²) in [7, 11) is 3.32. The summed E-state index contributed by atoms with van der Waals surface area (Å²) < 4.78 is 4.56. The van der Waals surface area contributed by atoms with Crippen molar-refractivity contribution in [1.29, 1.82) is 0 Å². The van der Waals surface area contributed by atoms with Crippen LogP contribution in [0, 0.1) is 0 Å². The topological polar surface area (TPSA) is 41.6 Å². The number of carbonyl (C=O) groups excluding carboxylic acids is 1. The molecule has 1 heterocycles. The summed E-state index contributed by atoms with van der Waals surface area (Å²) in [5, 5.41) is 2.96. The largest absolute Gasteiger partial charge is 0.466 e. The number of methoxy groups -OCH3 is 1. The van der Waals surface area contributed by atoms with Crippen molar-refractivity contribution in [2.45, 2.75) is 0 Å². The van der Waals surface area contributed by atoms with Gasteiger partial charge in [0.05, 0.1) is 19.4 Å². The van der Waals surface area contributed by atoms with Crippen LogP contribution >= 0.6 is 0 Å². The van der Waals surface area contributed by atoms with Crippen LogP contribution in [0.1, 0.15) is 0 Å². The molecule has 0 amide bonds. The zero-order chi connectivity index (χ0) is 8.27. The van der Waals surface area contributed by atoms with Gasteiger partial charge in [0, 0.05) is 12.7 Å². The molecule has 0 atom stereocenters. The van der Waals surface area contributed by atoms with Gasteiger partial charge in [0.15, 0.2) is 0 Å². The molecule has 0 unspecified atom stereocenters. The quantitative estimate of drug-likeness (QED) is 0.521. The second kappa shape index (κ2) is 3.39. The van der Waals surface area contributed by atoms with Crippen molar-refractivity contribution < 1.29 is 9.53 Å². The van der Waals surface area contributed by atoms with Crippen LogP contribution in [-0.4, -0.2) is 38.2 Å². The lowest BCUT2D eigenvalue weighted by molar-refractivity contribution is -0.136. The Morgan fingerprint density at radius 2 is 2.55 bits per heavy atom. The minimum Gasteiger partial charge on any atom is -0.466 e. The summed E-state index contributed by atoms with van der Waals surface area (Å²) in [4.78, 5) is 12.9. The molecule has 0 aromatic rings. The monoisotopic (exact) mass is 156 g/mol. The van der Waals surface area contributed by atoms with Crippen LogP contribution in [0.2, 0.25) is 0 Å². The van der Waals surface area contributed by atoms with Gasteiger partial charge in [-0.15, -0.1) is 0 Å². The number of nitrogens with zero attached hydrogens (tertiary/aromatic N) is 1. The number of esters is 1. The molecule has 0 aromatic heterocycles. The molecule has 0 fully saturated rings. The van der Waals surface area contributed by atoms with Crippen LogP contribution in [0.4, 0.5) is 0 Å². The highest BCUT2D eigenvalue weighted by Gasteiger charge is 2.14. The van der Waals surface area contributed by atoms with E-state index in [1.807, 2.05) is 11.9 Å². The fraction of sp³-hybridized carbons (Fsp3) is 0.571. The van der Waals surface area contributed by atoms with E-state index in [0.717, 1.165) is 6.67 Å². The average Bonchev–Trinajstić information content (AvgIpc) is 2.03. The van der Waals surface area contributed by atoms with Crippen molar-refractivity contribution >= 4 is 5.97 Å². The van der Waals surface area contributed by atoms with E-state index in [0.29, 0.717) is 12.1 Å². The molecule has 0 radical (unpaired) electrons. The van der Waals surface area contributed by atoms with Gasteiger partial charge in [0.1, 0.15) is 0 Å². The number of carbonyl (C=O) groups is 1. The van der Waals surface area contributed by atoms with Gasteiger partial charge in [-0.1, -0.05) is 0 Å². The molecule has 0 aromatic carbocycles. The zero-order valence-electron chi connectivity index (χ0n) is 6.76. The van der Waals surface area contributed by atoms with Crippen molar-refractivity contribution in [2.75, 3.05) is 27.4 Å². The molecule has 1 N–H and O–H groups in total. The van der Waals surface area contributed by atoms with E-state index in [1.165, 1.54) is 7.11 Å². The SMILES string of the molecule is COC(=O)C1=CNCN(C)C1. The molecule has 11 heavy (non-hydrogen) atoms. The number of nitrogens with one attached hydrogen (secondary N) is 1. The lowest BCUT2D eigenvalue weighted by atomic mass is 10.2. The third-order valence-electron chi connectivity index (χ3n) is 1.53. The molecule has 0 saturated heterocycles. The average molecular weight is 156 g/mol. The zero-order valence-corrected chi connectivity index (χ0v) is 6.76. The van der Waals surface area contributed by atoms with Gasteiger partial charge in [-0.2, -0.15) is 0 Å². The van der Waals surface area contributed by atoms with Gasteiger partial charge in [-0.3, -0.25) is 4.90 Å². The molecule has 4 nitrogen and oxygen atoms in total. The molecule has 0 aliphatic carbocycles. The lowest BCUT2D eigenvalue weighted by Crippen LogP contribution is -2.36. The van der Waals surface area contributed by atoms with E-state index in [9.17, 15) is 4.79 Å². The van der Waals surface area contributed by atoms with E-state index in [1.54, 1.807) is 6.20 Å². The van der Waals surface area contributed by atoms with E-state index in [2.05, 4.69) is 10.1 Å². The molecule has 0 saturated carbocycles. The van der Waals surface area contributed by atoms with Crippen molar-refractivity contribution in [1.82, 2.24) is 10.2 Å². The molecular formula is C7H12N2O2. The Morgan fingerprint density at radius 3 is 3.09 bits per heavy atom. The molecule has 0 bridgehead atoms. The lowest BCUT2D eigenvalue weighted by Gasteiger charge is -2.22. The summed E-state index contributed by atoms with van der Waals surface area (Å²) in [5.41, 5.74) is 0.668. The minimum atomic E-state index is -0.260. The van der Waals surface area contributed by atoms with Crippen molar-refractivity contribution in [2.24, 2.45) is 0 Å². The van der Waals surface area contributed by atoms with Gasteiger partial charge < -0.3 is 10.1 Å². The van der Waals surface area contributed by atoms with Crippen molar-refractivity contribution in [3.8, 4) is 0 Å². The second-order valence-corrected chi connectivity index (χ2v) is 2.54. The molecule has 62 valence electrons. The number of likely N-dealkylation sites (N-methyl/N-ethyl adjacent to an activating group) is 1. The van der Waals surface area contributed by atoms with Crippen LogP contribution in [0.25, 0.3) is 0 Å². The first-order chi connectivity index (χ1) is 5.24. The first-order valence-corrected chi connectivity index (χ1v) is 3.43. The fourth-order valence-corrected chi connectivity index (χ4v) is 0.972. The summed E-state index contributed by atoms with van der Waals surface area (Å²) in [6.07, 6.45) is 1.70. The second-order valence-electron chi connectivity index (χ2n) is 2.54. The third kappa shape index (κ3) is 1.94. The summed E-state index contributed by atoms with van der Waals surface area (Å²) in [6, 6.07) is 0. The molecule has 4 heteroatoms. The molecule has 1 rings (SSSR count). The number of hydrogen-bond donors (Lipinski definition) is 1. The first kappa shape index (κ1) is 8.07. The number of ether oxygens (including phenoxy) is 1. The highest BCUT2D eigenvalue weighted by molar-refractivity contribution is 5.88. The number of hydrogen-bond acceptors (Lipinski definition) is 4. The first-order valence-electron chi connectivity index (χ1n) is 3.43. The Morgan fingerprint density at radius 1 is 1.82 bits per heavy atom. The standard InChI is InChI=1S/C7H12N2O2/c1-9-4-6(3-8-5-9)7(10)11-2/h3,8H,4-5H2,1-2H3. The van der Waals surface area contributed by atoms with Crippen molar-refractivity contribution in [3.05, 3.63) is 11.8 Å². The Balaban J connectivity index is 2.57. The van der Waals surface area contributed by atoms with Crippen molar-refractivity contribution in [3.63, 3.8) is 0 Å². The van der Waals surface area contributed by atoms with Crippen LogP contribution < -0.4 is 5.32 Å². The van der Waals surface area contributed by atoms with Gasteiger partial charge in [-0.25, -0.2) is 4.79 Å². The smallest absolute Gasteiger partial charge is 0.336 e. The summed E-state index contributed by atoms with van der Waals surface area (Å²) in [6.45, 7) is 1.43. The van der Waals surface area contributed by atoms with Crippen LogP contribution in [0.5, 0.6) is 0 Å². The fourth-order valence-electron chi connectivity index (χ4n) is 0.972. The van der Waals surface area contributed by atoms with Crippen LogP contribution in [-0.2, 0) is 9.53 Å². The van der Waals surface area contributed by atoms with E-state index in [-0.39, 0.29) is 5.97 Å². The normalized spacial score (nSPS) is 18.5. The predicted molar refractivity (Wildman–Crippen MR) is 40.7 cm³/mol. The Kier molecular flexibility index (Phi) is 2.48. The molecule has 1 aliphatic rings. The number of rotatable bonds is 1. The van der Waals surface area contributed by atoms with Crippen LogP contribution in [0.15, 0.2) is 11.8 Å². The van der Waals surface area contributed by atoms with Gasteiger partial charge in [0.25, 0.3) is 0 Å². The minimum absolute atomic E-state index is 0.260. The highest BCUT2D eigenvalue weighted by atomic mass is 16.5. The highest BCUT2D eigenvalue weighted by Crippen LogP contribution is 2.02. The third-order valence-corrected chi connectivity index (χ3v) is 1.53. The van der Waals surface area contributed by atoms with Gasteiger partial charge in [0.2, 0.25) is 0 Å². The van der Waals surface area contributed by atoms with E-state index in [4.69, 9.17) is 0 Å². The summed E-state index contributed by atoms with van der Waals surface area (Å²) in [5.74, 6) is -0.260. The maximum atomic E-state index is 11.0. The molecule has 1 aliphatic heterocycles. The van der Waals surface area contributed by atoms with Gasteiger partial charge in [-0.05, 0) is 7.05 Å². The van der Waals surface area contributed by atoms with E-state index >= 15 is 0 Å². The van der Waals surface area contributed by atoms with E-state index < -0.39 is 0 Å². The Labute approximate surface area is 65.8 Å². The van der Waals surface area contributed by atoms with Gasteiger partial charge >= 0.3 is 5.97 Å². The molecular weight excluding hydrogens is 144 g/mol.